The summed E-state index contributed by atoms with van der Waals surface area (Å²) in [6.07, 6.45) is 3.10. The van der Waals surface area contributed by atoms with Crippen LogP contribution in [0, 0.1) is 23.4 Å². The Morgan fingerprint density at radius 3 is 2.55 bits per heavy atom. The van der Waals surface area contributed by atoms with E-state index in [9.17, 15) is 9.35 Å². The lowest BCUT2D eigenvalue weighted by Crippen LogP contribution is -2.51. The minimum absolute atomic E-state index is 0.0337. The summed E-state index contributed by atoms with van der Waals surface area (Å²) in [5.74, 6) is -5.03. The first kappa shape index (κ1) is 35.7. The van der Waals surface area contributed by atoms with Crippen LogP contribution in [0.25, 0.3) is 11.3 Å². The van der Waals surface area contributed by atoms with Crippen molar-refractivity contribution in [3.8, 4) is 22.9 Å². The molecule has 15 heteroatoms. The van der Waals surface area contributed by atoms with Crippen molar-refractivity contribution in [3.05, 3.63) is 90.0 Å². The van der Waals surface area contributed by atoms with E-state index in [0.29, 0.717) is 43.4 Å². The number of aromatic nitrogens is 3. The average Bonchev–Trinajstić information content (AvgIpc) is 3.05. The third kappa shape index (κ3) is 9.52. The summed E-state index contributed by atoms with van der Waals surface area (Å²) < 4.78 is 76.6. The smallest absolute Gasteiger partial charge is 0.410 e. The van der Waals surface area contributed by atoms with E-state index in [-0.39, 0.29) is 35.1 Å². The van der Waals surface area contributed by atoms with Crippen molar-refractivity contribution in [1.29, 1.82) is 0 Å². The Labute approximate surface area is 285 Å². The van der Waals surface area contributed by atoms with E-state index >= 15 is 13.2 Å². The van der Waals surface area contributed by atoms with Crippen molar-refractivity contribution in [3.63, 3.8) is 0 Å². The Bertz CT molecular complexity index is 1750. The second-order valence-corrected chi connectivity index (χ2v) is 13.6. The summed E-state index contributed by atoms with van der Waals surface area (Å²) in [5.41, 5.74) is -0.262. The van der Waals surface area contributed by atoms with Gasteiger partial charge in [-0.25, -0.2) is 33.2 Å². The first-order chi connectivity index (χ1) is 23.4. The van der Waals surface area contributed by atoms with Crippen molar-refractivity contribution in [1.82, 2.24) is 19.9 Å². The molecule has 1 amide bonds. The Morgan fingerprint density at radius 2 is 1.82 bits per heavy atom. The van der Waals surface area contributed by atoms with Crippen molar-refractivity contribution in [2.45, 2.75) is 44.6 Å². The van der Waals surface area contributed by atoms with Gasteiger partial charge in [0.15, 0.2) is 28.8 Å². The molecule has 3 unspecified atom stereocenters. The predicted octanol–water partition coefficient (Wildman–Crippen LogP) is 6.71. The van der Waals surface area contributed by atoms with Gasteiger partial charge < -0.3 is 29.0 Å². The molecule has 2 N–H and O–H groups in total. The number of benzene rings is 2. The van der Waals surface area contributed by atoms with Gasteiger partial charge in [0.1, 0.15) is 5.60 Å². The lowest BCUT2D eigenvalue weighted by atomic mass is 9.95. The molecule has 0 radical (unpaired) electrons. The van der Waals surface area contributed by atoms with Crippen molar-refractivity contribution >= 4 is 29.1 Å². The third-order valence-electron chi connectivity index (χ3n) is 7.32. The Kier molecular flexibility index (Phi) is 11.5. The highest BCUT2D eigenvalue weighted by Crippen LogP contribution is 2.36. The Balaban J connectivity index is 1.33. The Morgan fingerprint density at radius 1 is 1.04 bits per heavy atom. The molecule has 1 saturated heterocycles. The van der Waals surface area contributed by atoms with Gasteiger partial charge >= 0.3 is 6.09 Å². The maximum Gasteiger partial charge on any atom is 0.410 e. The van der Waals surface area contributed by atoms with E-state index in [1.165, 1.54) is 12.4 Å². The zero-order valence-electron chi connectivity index (χ0n) is 27.4. The second-order valence-electron chi connectivity index (χ2n) is 12.4. The van der Waals surface area contributed by atoms with Gasteiger partial charge in [-0.3, -0.25) is 0 Å². The minimum atomic E-state index is -1.94. The number of anilines is 2. The highest BCUT2D eigenvalue weighted by molar-refractivity contribution is 7.91. The number of methoxy groups -OCH3 is 1. The molecular formula is C34H37F3N6O5S. The fraction of sp³-hybridized carbons (Fsp3) is 0.353. The fourth-order valence-corrected chi connectivity index (χ4v) is 6.27. The largest absolute Gasteiger partial charge is 0.593 e. The molecule has 0 bridgehead atoms. The summed E-state index contributed by atoms with van der Waals surface area (Å²) >= 11 is -1.94. The molecule has 1 aliphatic rings. The molecule has 2 aromatic carbocycles. The molecule has 0 aliphatic carbocycles. The van der Waals surface area contributed by atoms with Gasteiger partial charge in [0.2, 0.25) is 17.6 Å². The van der Waals surface area contributed by atoms with Crippen LogP contribution in [-0.4, -0.2) is 68.9 Å². The number of rotatable bonds is 11. The number of halogens is 3. The minimum Gasteiger partial charge on any atom is -0.593 e. The normalized spacial score (nSPS) is 16.9. The Hall–Kier alpha value is -4.60. The molecule has 1 fully saturated rings. The van der Waals surface area contributed by atoms with Crippen LogP contribution < -0.4 is 14.8 Å². The van der Waals surface area contributed by atoms with E-state index in [1.54, 1.807) is 81.3 Å². The molecule has 3 atom stereocenters. The van der Waals surface area contributed by atoms with Crippen LogP contribution in [0.1, 0.15) is 32.8 Å². The van der Waals surface area contributed by atoms with E-state index < -0.39 is 51.9 Å². The molecule has 11 nitrogen and oxygen atoms in total. The van der Waals surface area contributed by atoms with Gasteiger partial charge in [-0.2, -0.15) is 4.39 Å². The van der Waals surface area contributed by atoms with E-state index in [0.717, 1.165) is 0 Å². The molecule has 49 heavy (non-hydrogen) atoms. The first-order valence-corrected chi connectivity index (χ1v) is 16.8. The van der Waals surface area contributed by atoms with E-state index in [4.69, 9.17) is 14.2 Å². The molecule has 0 saturated carbocycles. The summed E-state index contributed by atoms with van der Waals surface area (Å²) in [5, 5.41) is 3.28. The zero-order valence-corrected chi connectivity index (χ0v) is 28.2. The van der Waals surface area contributed by atoms with Crippen molar-refractivity contribution in [2.24, 2.45) is 5.92 Å². The van der Waals surface area contributed by atoms with Crippen LogP contribution in [0.3, 0.4) is 0 Å². The highest BCUT2D eigenvalue weighted by atomic mass is 32.2. The number of likely N-dealkylation sites (tertiary alicyclic amines) is 1. The molecule has 3 heterocycles. The van der Waals surface area contributed by atoms with Gasteiger partial charge in [-0.05, 0) is 45.4 Å². The predicted molar refractivity (Wildman–Crippen MR) is 179 cm³/mol. The van der Waals surface area contributed by atoms with Crippen LogP contribution in [-0.2, 0) is 26.6 Å². The fourth-order valence-electron chi connectivity index (χ4n) is 5.29. The number of hydrogen-bond donors (Lipinski definition) is 2. The summed E-state index contributed by atoms with van der Waals surface area (Å²) in [4.78, 5) is 27.6. The number of carbonyl (C=O) groups is 1. The van der Waals surface area contributed by atoms with Gasteiger partial charge in [-0.15, -0.1) is 0 Å². The number of nitrogens with one attached hydrogen (secondary N) is 2. The van der Waals surface area contributed by atoms with Crippen LogP contribution in [0.4, 0.5) is 29.6 Å². The topological polar surface area (TPSA) is 134 Å². The third-order valence-corrected chi connectivity index (χ3v) is 8.34. The number of pyridine rings is 1. The maximum atomic E-state index is 15.2. The maximum absolute atomic E-state index is 15.2. The molecular weight excluding hydrogens is 661 g/mol. The SMILES string of the molecule is COCC1CC(Nc2nccc(-c3cccnc3Oc3cc(F)c(N[S+]([O-])Cc4ccccc4)c(F)c3F)n2)CN(C(=O)OC(C)(C)C)C1. The monoisotopic (exact) mass is 698 g/mol. The van der Waals surface area contributed by atoms with Crippen LogP contribution in [0.2, 0.25) is 0 Å². The van der Waals surface area contributed by atoms with Crippen molar-refractivity contribution < 1.29 is 36.7 Å². The molecule has 2 aromatic heterocycles. The molecule has 5 rings (SSSR count). The number of carbonyl (C=O) groups excluding carboxylic acids is 1. The lowest BCUT2D eigenvalue weighted by molar-refractivity contribution is 0.00917. The molecule has 260 valence electrons. The first-order valence-electron chi connectivity index (χ1n) is 15.5. The van der Waals surface area contributed by atoms with Crippen LogP contribution in [0.15, 0.2) is 67.0 Å². The standard InChI is InChI=1S/C34H37F3N6O5S/c1-34(2,3)48-33(44)43-17-22(19-46-4)15-23(18-43)40-32-39-14-12-26(41-32)24-11-8-13-38-31(24)47-27-16-25(35)30(29(37)28(27)36)42-49(45)20-21-9-6-5-7-10-21/h5-14,16,22-23,42H,15,17-20H2,1-4H3,(H,39,40,41). The lowest BCUT2D eigenvalue weighted by Gasteiger charge is -2.38. The number of hydrogen-bond acceptors (Lipinski definition) is 10. The zero-order chi connectivity index (χ0) is 35.1. The van der Waals surface area contributed by atoms with Gasteiger partial charge in [-0.1, -0.05) is 30.3 Å². The van der Waals surface area contributed by atoms with E-state index in [2.05, 4.69) is 25.0 Å². The average molecular weight is 699 g/mol. The van der Waals surface area contributed by atoms with Crippen molar-refractivity contribution in [2.75, 3.05) is 36.8 Å². The van der Waals surface area contributed by atoms with E-state index in [1.807, 2.05) is 0 Å². The quantitative estimate of drug-likeness (QED) is 0.129. The number of piperidine rings is 1. The van der Waals surface area contributed by atoms with Crippen LogP contribution >= 0.6 is 0 Å². The summed E-state index contributed by atoms with van der Waals surface area (Å²) in [7, 11) is 1.60. The van der Waals surface area contributed by atoms with Gasteiger partial charge in [0.05, 0.1) is 29.2 Å². The second kappa shape index (κ2) is 15.7. The van der Waals surface area contributed by atoms with Gasteiger partial charge in [0, 0.05) is 56.2 Å². The molecule has 4 aromatic rings. The molecule has 1 aliphatic heterocycles. The summed E-state index contributed by atoms with van der Waals surface area (Å²) in [6.45, 7) is 6.66. The summed E-state index contributed by atoms with van der Waals surface area (Å²) in [6, 6.07) is 13.8. The highest BCUT2D eigenvalue weighted by Gasteiger charge is 2.33. The molecule has 0 spiro atoms. The van der Waals surface area contributed by atoms with Gasteiger partial charge in [0.25, 0.3) is 0 Å². The number of amides is 1. The van der Waals surface area contributed by atoms with Crippen LogP contribution in [0.5, 0.6) is 11.6 Å². The number of nitrogens with zero attached hydrogens (tertiary/aromatic N) is 4. The number of ether oxygens (including phenoxy) is 3.